The predicted octanol–water partition coefficient (Wildman–Crippen LogP) is 3.87. The Morgan fingerprint density at radius 2 is 1.83 bits per heavy atom. The number of aliphatic hydroxyl groups is 1. The number of hydrogen-bond acceptors (Lipinski definition) is 3. The van der Waals surface area contributed by atoms with Crippen LogP contribution in [0.2, 0.25) is 15.1 Å². The Morgan fingerprint density at radius 1 is 1.17 bits per heavy atom. The molecule has 0 saturated carbocycles. The summed E-state index contributed by atoms with van der Waals surface area (Å²) in [6.45, 7) is 0.449. The first-order chi connectivity index (χ1) is 11.4. The Hall–Kier alpha value is -1.46. The van der Waals surface area contributed by atoms with Crippen molar-refractivity contribution < 1.29 is 9.90 Å². The number of carbonyl (C=O) groups excluding carboxylic acids is 1. The second-order valence-electron chi connectivity index (χ2n) is 5.32. The zero-order valence-corrected chi connectivity index (χ0v) is 15.2. The largest absolute Gasteiger partial charge is 0.389 e. The molecule has 128 valence electrons. The molecular formula is C17H17Cl3N2O2. The molecule has 0 saturated heterocycles. The minimum absolute atomic E-state index is 0.0968. The average molecular weight is 388 g/mol. The van der Waals surface area contributed by atoms with Crippen molar-refractivity contribution in [2.75, 3.05) is 25.0 Å². The van der Waals surface area contributed by atoms with Gasteiger partial charge in [0, 0.05) is 30.8 Å². The van der Waals surface area contributed by atoms with E-state index in [1.807, 2.05) is 24.1 Å². The number of halogens is 3. The van der Waals surface area contributed by atoms with Crippen LogP contribution in [-0.2, 0) is 0 Å². The highest BCUT2D eigenvalue weighted by Crippen LogP contribution is 2.25. The summed E-state index contributed by atoms with van der Waals surface area (Å²) in [5.74, 6) is -0.379. The van der Waals surface area contributed by atoms with E-state index in [4.69, 9.17) is 34.8 Å². The highest BCUT2D eigenvalue weighted by atomic mass is 35.5. The molecule has 0 fully saturated rings. The van der Waals surface area contributed by atoms with Crippen LogP contribution in [-0.4, -0.2) is 37.3 Å². The number of carbonyl (C=O) groups is 1. The molecule has 0 aliphatic carbocycles. The van der Waals surface area contributed by atoms with Crippen molar-refractivity contribution in [2.24, 2.45) is 0 Å². The average Bonchev–Trinajstić information content (AvgIpc) is 2.55. The Balaban J connectivity index is 1.88. The standard InChI is InChI=1S/C17H17Cl3N2O2/c1-22(12-7-5-11(18)6-8-12)10-13(23)9-21-17(24)14-3-2-4-15(19)16(14)20/h2-8,13,23H,9-10H2,1H3,(H,21,24). The maximum Gasteiger partial charge on any atom is 0.252 e. The van der Waals surface area contributed by atoms with Gasteiger partial charge in [0.15, 0.2) is 0 Å². The van der Waals surface area contributed by atoms with Gasteiger partial charge in [-0.2, -0.15) is 0 Å². The molecule has 0 aliphatic rings. The zero-order chi connectivity index (χ0) is 17.7. The summed E-state index contributed by atoms with van der Waals surface area (Å²) in [6.07, 6.45) is -0.743. The Morgan fingerprint density at radius 3 is 2.50 bits per heavy atom. The van der Waals surface area contributed by atoms with Crippen molar-refractivity contribution >= 4 is 46.4 Å². The Labute approximate surface area is 155 Å². The number of amides is 1. The number of aliphatic hydroxyl groups excluding tert-OH is 1. The van der Waals surface area contributed by atoms with Crippen molar-refractivity contribution in [3.63, 3.8) is 0 Å². The highest BCUT2D eigenvalue weighted by molar-refractivity contribution is 6.43. The Kier molecular flexibility index (Phi) is 6.75. The first-order valence-corrected chi connectivity index (χ1v) is 8.39. The fraction of sp³-hybridized carbons (Fsp3) is 0.235. The van der Waals surface area contributed by atoms with Gasteiger partial charge in [-0.1, -0.05) is 40.9 Å². The third kappa shape index (κ3) is 5.02. The minimum atomic E-state index is -0.743. The van der Waals surface area contributed by atoms with Gasteiger partial charge >= 0.3 is 0 Å². The summed E-state index contributed by atoms with van der Waals surface area (Å²) in [6, 6.07) is 12.1. The van der Waals surface area contributed by atoms with Gasteiger partial charge in [0.2, 0.25) is 0 Å². The molecule has 0 heterocycles. The normalized spacial score (nSPS) is 11.9. The lowest BCUT2D eigenvalue weighted by Gasteiger charge is -2.23. The van der Waals surface area contributed by atoms with Crippen LogP contribution in [0.25, 0.3) is 0 Å². The van der Waals surface area contributed by atoms with Crippen LogP contribution >= 0.6 is 34.8 Å². The summed E-state index contributed by atoms with van der Waals surface area (Å²) < 4.78 is 0. The molecule has 2 rings (SSSR count). The zero-order valence-electron chi connectivity index (χ0n) is 13.0. The number of benzene rings is 2. The topological polar surface area (TPSA) is 52.6 Å². The van der Waals surface area contributed by atoms with Crippen LogP contribution in [0.5, 0.6) is 0 Å². The lowest BCUT2D eigenvalue weighted by molar-refractivity contribution is 0.0919. The van der Waals surface area contributed by atoms with E-state index in [0.717, 1.165) is 5.69 Å². The van der Waals surface area contributed by atoms with Gasteiger partial charge in [0.25, 0.3) is 5.91 Å². The second-order valence-corrected chi connectivity index (χ2v) is 6.54. The van der Waals surface area contributed by atoms with Crippen molar-refractivity contribution in [2.45, 2.75) is 6.10 Å². The van der Waals surface area contributed by atoms with E-state index in [1.54, 1.807) is 30.3 Å². The second kappa shape index (κ2) is 8.58. The monoisotopic (exact) mass is 386 g/mol. The number of hydrogen-bond donors (Lipinski definition) is 2. The molecule has 2 aromatic carbocycles. The first kappa shape index (κ1) is 18.9. The number of nitrogens with one attached hydrogen (secondary N) is 1. The fourth-order valence-electron chi connectivity index (χ4n) is 2.17. The van der Waals surface area contributed by atoms with E-state index in [1.165, 1.54) is 0 Å². The van der Waals surface area contributed by atoms with Crippen LogP contribution < -0.4 is 10.2 Å². The van der Waals surface area contributed by atoms with Crippen LogP contribution in [0.3, 0.4) is 0 Å². The maximum absolute atomic E-state index is 12.1. The van der Waals surface area contributed by atoms with Gasteiger partial charge in [-0.05, 0) is 36.4 Å². The van der Waals surface area contributed by atoms with Crippen molar-refractivity contribution in [3.8, 4) is 0 Å². The third-order valence-electron chi connectivity index (χ3n) is 3.45. The third-order valence-corrected chi connectivity index (χ3v) is 4.52. The maximum atomic E-state index is 12.1. The Bertz CT molecular complexity index is 707. The SMILES string of the molecule is CN(CC(O)CNC(=O)c1cccc(Cl)c1Cl)c1ccc(Cl)cc1. The molecule has 24 heavy (non-hydrogen) atoms. The molecule has 2 N–H and O–H groups in total. The van der Waals surface area contributed by atoms with E-state index in [-0.39, 0.29) is 23.0 Å². The quantitative estimate of drug-likeness (QED) is 0.791. The fourth-order valence-corrected chi connectivity index (χ4v) is 2.68. The van der Waals surface area contributed by atoms with Gasteiger partial charge in [-0.25, -0.2) is 0 Å². The molecule has 4 nitrogen and oxygen atoms in total. The molecule has 7 heteroatoms. The lowest BCUT2D eigenvalue weighted by Crippen LogP contribution is -2.39. The van der Waals surface area contributed by atoms with Gasteiger partial charge in [-0.15, -0.1) is 0 Å². The van der Waals surface area contributed by atoms with Crippen LogP contribution in [0.1, 0.15) is 10.4 Å². The van der Waals surface area contributed by atoms with Crippen molar-refractivity contribution in [1.82, 2.24) is 5.32 Å². The molecule has 1 atom stereocenters. The molecule has 1 unspecified atom stereocenters. The van der Waals surface area contributed by atoms with E-state index >= 15 is 0 Å². The molecular weight excluding hydrogens is 371 g/mol. The van der Waals surface area contributed by atoms with Crippen LogP contribution in [0.4, 0.5) is 5.69 Å². The summed E-state index contributed by atoms with van der Waals surface area (Å²) in [7, 11) is 1.85. The summed E-state index contributed by atoms with van der Waals surface area (Å²) >= 11 is 17.8. The summed E-state index contributed by atoms with van der Waals surface area (Å²) in [4.78, 5) is 14.0. The van der Waals surface area contributed by atoms with E-state index < -0.39 is 6.10 Å². The van der Waals surface area contributed by atoms with Crippen molar-refractivity contribution in [1.29, 1.82) is 0 Å². The van der Waals surface area contributed by atoms with E-state index in [9.17, 15) is 9.90 Å². The first-order valence-electron chi connectivity index (χ1n) is 7.25. The van der Waals surface area contributed by atoms with Crippen LogP contribution in [0.15, 0.2) is 42.5 Å². The highest BCUT2D eigenvalue weighted by Gasteiger charge is 2.15. The summed E-state index contributed by atoms with van der Waals surface area (Å²) in [5, 5.41) is 13.9. The number of anilines is 1. The van der Waals surface area contributed by atoms with Gasteiger partial charge in [0.1, 0.15) is 0 Å². The van der Waals surface area contributed by atoms with Crippen LogP contribution in [0, 0.1) is 0 Å². The van der Waals surface area contributed by atoms with Gasteiger partial charge in [0.05, 0.1) is 21.7 Å². The minimum Gasteiger partial charge on any atom is -0.389 e. The smallest absolute Gasteiger partial charge is 0.252 e. The number of rotatable bonds is 6. The van der Waals surface area contributed by atoms with E-state index in [2.05, 4.69) is 5.32 Å². The van der Waals surface area contributed by atoms with Crippen molar-refractivity contribution in [3.05, 3.63) is 63.1 Å². The molecule has 0 radical (unpaired) electrons. The molecule has 0 aliphatic heterocycles. The molecule has 0 spiro atoms. The summed E-state index contributed by atoms with van der Waals surface area (Å²) in [5.41, 5.74) is 1.20. The van der Waals surface area contributed by atoms with E-state index in [0.29, 0.717) is 16.6 Å². The predicted molar refractivity (Wildman–Crippen MR) is 99.5 cm³/mol. The number of likely N-dealkylation sites (N-methyl/N-ethyl adjacent to an activating group) is 1. The van der Waals surface area contributed by atoms with Gasteiger partial charge in [-0.3, -0.25) is 4.79 Å². The lowest BCUT2D eigenvalue weighted by atomic mass is 10.2. The van der Waals surface area contributed by atoms with Gasteiger partial charge < -0.3 is 15.3 Å². The molecule has 0 aromatic heterocycles. The molecule has 2 aromatic rings. The molecule has 0 bridgehead atoms. The molecule has 1 amide bonds. The number of nitrogens with zero attached hydrogens (tertiary/aromatic N) is 1.